The number of aliphatic hydroxyl groups is 1. The molecule has 108 valence electrons. The fraction of sp³-hybridized carbons (Fsp3) is 0.733. The first kappa shape index (κ1) is 14.7. The Morgan fingerprint density at radius 2 is 2.21 bits per heavy atom. The molecule has 5 atom stereocenters. The van der Waals surface area contributed by atoms with Gasteiger partial charge in [-0.2, -0.15) is 0 Å². The van der Waals surface area contributed by atoms with E-state index in [1.807, 2.05) is 26.8 Å². The zero-order valence-electron chi connectivity index (χ0n) is 12.0. The van der Waals surface area contributed by atoms with Crippen molar-refractivity contribution in [1.82, 2.24) is 0 Å². The SMILES string of the molecule is C=CC1(C)CCC(C(C)C2(O)CC(C(=C)C)OO2)O1. The third-order valence-corrected chi connectivity index (χ3v) is 4.38. The van der Waals surface area contributed by atoms with Crippen molar-refractivity contribution in [1.29, 1.82) is 0 Å². The van der Waals surface area contributed by atoms with Gasteiger partial charge in [0.2, 0.25) is 5.79 Å². The Bertz CT molecular complexity index is 380. The molecule has 0 radical (unpaired) electrons. The smallest absolute Gasteiger partial charge is 0.207 e. The minimum Gasteiger partial charge on any atom is -0.368 e. The fourth-order valence-electron chi connectivity index (χ4n) is 2.68. The van der Waals surface area contributed by atoms with Crippen molar-refractivity contribution in [3.8, 4) is 0 Å². The quantitative estimate of drug-likeness (QED) is 0.629. The van der Waals surface area contributed by atoms with Crippen molar-refractivity contribution in [2.75, 3.05) is 0 Å². The maximum Gasteiger partial charge on any atom is 0.207 e. The van der Waals surface area contributed by atoms with Gasteiger partial charge in [0.1, 0.15) is 6.10 Å². The largest absolute Gasteiger partial charge is 0.368 e. The molecule has 0 amide bonds. The van der Waals surface area contributed by atoms with Crippen LogP contribution in [0.15, 0.2) is 24.8 Å². The molecule has 2 rings (SSSR count). The summed E-state index contributed by atoms with van der Waals surface area (Å²) >= 11 is 0. The maximum atomic E-state index is 10.6. The molecule has 4 nitrogen and oxygen atoms in total. The van der Waals surface area contributed by atoms with Gasteiger partial charge in [0.15, 0.2) is 0 Å². The fourth-order valence-corrected chi connectivity index (χ4v) is 2.68. The predicted molar refractivity (Wildman–Crippen MR) is 72.2 cm³/mol. The first-order chi connectivity index (χ1) is 8.80. The Hall–Kier alpha value is -0.680. The standard InChI is InChI=1S/C15H24O4/c1-6-14(5)8-7-12(17-14)11(4)15(16)9-13(10(2)3)18-19-15/h6,11-13,16H,1-2,7-9H2,3-5H3. The van der Waals surface area contributed by atoms with E-state index in [0.717, 1.165) is 18.4 Å². The van der Waals surface area contributed by atoms with Crippen molar-refractivity contribution in [2.24, 2.45) is 5.92 Å². The summed E-state index contributed by atoms with van der Waals surface area (Å²) in [5.41, 5.74) is 0.550. The lowest BCUT2D eigenvalue weighted by Gasteiger charge is -2.32. The number of hydrogen-bond acceptors (Lipinski definition) is 4. The second kappa shape index (κ2) is 5.02. The Labute approximate surface area is 115 Å². The monoisotopic (exact) mass is 268 g/mol. The van der Waals surface area contributed by atoms with Crippen molar-refractivity contribution in [3.05, 3.63) is 24.8 Å². The highest BCUT2D eigenvalue weighted by atomic mass is 17.2. The van der Waals surface area contributed by atoms with Crippen LogP contribution in [0.25, 0.3) is 0 Å². The summed E-state index contributed by atoms with van der Waals surface area (Å²) in [5.74, 6) is -1.47. The summed E-state index contributed by atoms with van der Waals surface area (Å²) in [4.78, 5) is 10.3. The molecule has 2 heterocycles. The zero-order chi connectivity index (χ0) is 14.3. The van der Waals surface area contributed by atoms with Gasteiger partial charge in [0, 0.05) is 12.3 Å². The number of ether oxygens (including phenoxy) is 1. The van der Waals surface area contributed by atoms with Crippen LogP contribution in [-0.2, 0) is 14.5 Å². The highest BCUT2D eigenvalue weighted by Gasteiger charge is 2.51. The third-order valence-electron chi connectivity index (χ3n) is 4.38. The average Bonchev–Trinajstić information content (AvgIpc) is 2.94. The van der Waals surface area contributed by atoms with Crippen LogP contribution in [0.4, 0.5) is 0 Å². The molecule has 2 fully saturated rings. The van der Waals surface area contributed by atoms with E-state index in [1.165, 1.54) is 0 Å². The van der Waals surface area contributed by atoms with E-state index < -0.39 is 5.79 Å². The minimum absolute atomic E-state index is 0.0551. The molecule has 1 N–H and O–H groups in total. The minimum atomic E-state index is -1.30. The highest BCUT2D eigenvalue weighted by molar-refractivity contribution is 5.04. The molecule has 0 aromatic carbocycles. The molecule has 4 heteroatoms. The van der Waals surface area contributed by atoms with E-state index in [1.54, 1.807) is 0 Å². The maximum absolute atomic E-state index is 10.6. The van der Waals surface area contributed by atoms with E-state index >= 15 is 0 Å². The number of hydrogen-bond donors (Lipinski definition) is 1. The Morgan fingerprint density at radius 1 is 1.53 bits per heavy atom. The van der Waals surface area contributed by atoms with E-state index in [2.05, 4.69) is 13.2 Å². The molecule has 2 aliphatic rings. The van der Waals surface area contributed by atoms with E-state index in [9.17, 15) is 5.11 Å². The lowest BCUT2D eigenvalue weighted by atomic mass is 9.88. The first-order valence-corrected chi connectivity index (χ1v) is 6.83. The van der Waals surface area contributed by atoms with Gasteiger partial charge < -0.3 is 9.84 Å². The first-order valence-electron chi connectivity index (χ1n) is 6.83. The molecule has 2 saturated heterocycles. The van der Waals surface area contributed by atoms with Gasteiger partial charge in [-0.05, 0) is 32.3 Å². The van der Waals surface area contributed by atoms with Crippen LogP contribution < -0.4 is 0 Å². The van der Waals surface area contributed by atoms with Crippen LogP contribution in [-0.4, -0.2) is 28.7 Å². The molecule has 0 bridgehead atoms. The van der Waals surface area contributed by atoms with Crippen molar-refractivity contribution in [3.63, 3.8) is 0 Å². The summed E-state index contributed by atoms with van der Waals surface area (Å²) in [7, 11) is 0. The summed E-state index contributed by atoms with van der Waals surface area (Å²) in [6.07, 6.45) is 3.71. The Balaban J connectivity index is 2.03. The van der Waals surface area contributed by atoms with Crippen LogP contribution in [0.1, 0.15) is 40.0 Å². The van der Waals surface area contributed by atoms with Gasteiger partial charge in [-0.25, -0.2) is 9.78 Å². The molecule has 0 saturated carbocycles. The van der Waals surface area contributed by atoms with Crippen LogP contribution in [0.2, 0.25) is 0 Å². The molecule has 19 heavy (non-hydrogen) atoms. The Kier molecular flexibility index (Phi) is 3.89. The van der Waals surface area contributed by atoms with E-state index in [0.29, 0.717) is 6.42 Å². The second-order valence-electron chi connectivity index (χ2n) is 6.06. The predicted octanol–water partition coefficient (Wildman–Crippen LogP) is 2.73. The van der Waals surface area contributed by atoms with Crippen LogP contribution in [0, 0.1) is 5.92 Å². The molecule has 0 aliphatic carbocycles. The molecular formula is C15H24O4. The van der Waals surface area contributed by atoms with Crippen LogP contribution >= 0.6 is 0 Å². The van der Waals surface area contributed by atoms with Crippen molar-refractivity contribution in [2.45, 2.75) is 63.6 Å². The van der Waals surface area contributed by atoms with Crippen LogP contribution in [0.5, 0.6) is 0 Å². The zero-order valence-corrected chi connectivity index (χ0v) is 12.0. The van der Waals surface area contributed by atoms with Crippen LogP contribution in [0.3, 0.4) is 0 Å². The van der Waals surface area contributed by atoms with Crippen molar-refractivity contribution < 1.29 is 19.6 Å². The number of rotatable bonds is 4. The lowest BCUT2D eigenvalue weighted by molar-refractivity contribution is -0.393. The summed E-state index contributed by atoms with van der Waals surface area (Å²) in [5, 5.41) is 10.6. The lowest BCUT2D eigenvalue weighted by Crippen LogP contribution is -2.43. The van der Waals surface area contributed by atoms with E-state index in [-0.39, 0.29) is 23.7 Å². The normalized spacial score (nSPS) is 44.2. The summed E-state index contributed by atoms with van der Waals surface area (Å²) in [6.45, 7) is 13.5. The highest BCUT2D eigenvalue weighted by Crippen LogP contribution is 2.42. The Morgan fingerprint density at radius 3 is 2.68 bits per heavy atom. The van der Waals surface area contributed by atoms with Gasteiger partial charge in [-0.1, -0.05) is 19.6 Å². The molecular weight excluding hydrogens is 244 g/mol. The molecule has 5 unspecified atom stereocenters. The molecule has 2 aliphatic heterocycles. The molecule has 0 aromatic heterocycles. The third kappa shape index (κ3) is 2.77. The van der Waals surface area contributed by atoms with Gasteiger partial charge in [0.25, 0.3) is 0 Å². The van der Waals surface area contributed by atoms with E-state index in [4.69, 9.17) is 14.5 Å². The summed E-state index contributed by atoms with van der Waals surface area (Å²) < 4.78 is 6.00. The molecule has 0 spiro atoms. The van der Waals surface area contributed by atoms with Crippen molar-refractivity contribution >= 4 is 0 Å². The van der Waals surface area contributed by atoms with Gasteiger partial charge in [-0.15, -0.1) is 6.58 Å². The summed E-state index contributed by atoms with van der Waals surface area (Å²) in [6, 6.07) is 0. The topological polar surface area (TPSA) is 47.9 Å². The second-order valence-corrected chi connectivity index (χ2v) is 6.06. The molecule has 0 aromatic rings. The average molecular weight is 268 g/mol. The van der Waals surface area contributed by atoms with Gasteiger partial charge in [0.05, 0.1) is 11.7 Å². The van der Waals surface area contributed by atoms with Gasteiger partial charge >= 0.3 is 0 Å². The van der Waals surface area contributed by atoms with Gasteiger partial charge in [-0.3, -0.25) is 0 Å².